The minimum atomic E-state index is -0.0723. The third-order valence-electron chi connectivity index (χ3n) is 5.88. The smallest absolute Gasteiger partial charge is 0.362 e. The van der Waals surface area contributed by atoms with Crippen molar-refractivity contribution in [2.45, 2.75) is 39.5 Å². The van der Waals surface area contributed by atoms with Crippen molar-refractivity contribution in [3.63, 3.8) is 0 Å². The summed E-state index contributed by atoms with van der Waals surface area (Å²) in [5.74, 6) is -0.0723. The van der Waals surface area contributed by atoms with Crippen LogP contribution in [0, 0.1) is 0 Å². The predicted octanol–water partition coefficient (Wildman–Crippen LogP) is 4.02. The molecule has 1 atom stereocenters. The molecule has 132 valence electrons. The third-order valence-corrected chi connectivity index (χ3v) is 5.88. The van der Waals surface area contributed by atoms with Crippen molar-refractivity contribution in [2.24, 2.45) is 0 Å². The van der Waals surface area contributed by atoms with E-state index in [0.29, 0.717) is 13.2 Å². The van der Waals surface area contributed by atoms with E-state index in [1.165, 1.54) is 33.4 Å². The van der Waals surface area contributed by atoms with Gasteiger partial charge >= 0.3 is 5.97 Å². The number of benzene rings is 1. The number of rotatable bonds is 4. The van der Waals surface area contributed by atoms with E-state index in [4.69, 9.17) is 4.74 Å². The van der Waals surface area contributed by atoms with Crippen LogP contribution >= 0.6 is 0 Å². The number of carbonyl (C=O) groups is 1. The van der Waals surface area contributed by atoms with E-state index < -0.39 is 0 Å². The number of aromatic nitrogens is 1. The number of allylic oxidation sites excluding steroid dienone is 1. The highest BCUT2D eigenvalue weighted by atomic mass is 16.5. The topological polar surface area (TPSA) is 42.1 Å². The summed E-state index contributed by atoms with van der Waals surface area (Å²) in [5, 5.41) is 1.33. The van der Waals surface area contributed by atoms with Crippen LogP contribution in [0.3, 0.4) is 0 Å². The van der Waals surface area contributed by atoms with Gasteiger partial charge in [0.25, 0.3) is 0 Å². The van der Waals surface area contributed by atoms with E-state index in [-0.39, 0.29) is 5.97 Å². The largest absolute Gasteiger partial charge is 0.462 e. The Morgan fingerprint density at radius 1 is 1.20 bits per heavy atom. The van der Waals surface area contributed by atoms with Crippen LogP contribution in [0.25, 0.3) is 16.6 Å². The van der Waals surface area contributed by atoms with Gasteiger partial charge in [0.2, 0.25) is 0 Å². The van der Waals surface area contributed by atoms with Gasteiger partial charge in [0.15, 0.2) is 12.2 Å². The molecule has 2 aromatic rings. The van der Waals surface area contributed by atoms with Crippen LogP contribution < -0.4 is 0 Å². The summed E-state index contributed by atoms with van der Waals surface area (Å²) in [4.78, 5) is 16.1. The molecular formula is C21H27N2O2+. The molecule has 0 amide bonds. The van der Waals surface area contributed by atoms with Gasteiger partial charge in [-0.1, -0.05) is 25.1 Å². The van der Waals surface area contributed by atoms with Crippen LogP contribution in [0.5, 0.6) is 0 Å². The number of aromatic amines is 1. The highest BCUT2D eigenvalue weighted by Gasteiger charge is 2.45. The van der Waals surface area contributed by atoms with Gasteiger partial charge < -0.3 is 9.72 Å². The van der Waals surface area contributed by atoms with Gasteiger partial charge in [-0.2, -0.15) is 0 Å². The lowest BCUT2D eigenvalue weighted by atomic mass is 9.88. The molecule has 1 unspecified atom stereocenters. The molecule has 1 aromatic heterocycles. The number of hydrogen-bond donors (Lipinski definition) is 1. The van der Waals surface area contributed by atoms with Gasteiger partial charge in [-0.05, 0) is 37.0 Å². The first-order chi connectivity index (χ1) is 12.2. The Bertz CT molecular complexity index is 849. The Balaban J connectivity index is 1.88. The molecule has 1 aromatic carbocycles. The van der Waals surface area contributed by atoms with Crippen molar-refractivity contribution in [3.8, 4) is 0 Å². The number of nitrogens with one attached hydrogen (secondary N) is 1. The molecule has 0 saturated carbocycles. The number of quaternary nitrogens is 1. The number of ether oxygens (including phenoxy) is 1. The zero-order valence-electron chi connectivity index (χ0n) is 15.2. The van der Waals surface area contributed by atoms with Crippen molar-refractivity contribution in [3.05, 3.63) is 41.1 Å². The second-order valence-electron chi connectivity index (χ2n) is 7.24. The summed E-state index contributed by atoms with van der Waals surface area (Å²) >= 11 is 0. The number of nitrogens with zero attached hydrogens (tertiary/aromatic N) is 1. The van der Waals surface area contributed by atoms with Crippen LogP contribution in [0.15, 0.2) is 29.8 Å². The molecule has 2 aliphatic heterocycles. The third kappa shape index (κ3) is 2.60. The minimum Gasteiger partial charge on any atom is -0.462 e. The van der Waals surface area contributed by atoms with E-state index in [2.05, 4.69) is 36.2 Å². The van der Waals surface area contributed by atoms with Crippen molar-refractivity contribution in [2.75, 3.05) is 26.2 Å². The molecular weight excluding hydrogens is 312 g/mol. The van der Waals surface area contributed by atoms with Crippen LogP contribution in [0.1, 0.15) is 44.4 Å². The summed E-state index contributed by atoms with van der Waals surface area (Å²) in [6.45, 7) is 7.06. The average Bonchev–Trinajstić information content (AvgIpc) is 2.99. The summed E-state index contributed by atoms with van der Waals surface area (Å²) in [5.41, 5.74) is 6.78. The highest BCUT2D eigenvalue weighted by molar-refractivity contribution is 5.89. The number of fused-ring (bicyclic) bond motifs is 5. The van der Waals surface area contributed by atoms with Crippen molar-refractivity contribution >= 4 is 22.6 Å². The van der Waals surface area contributed by atoms with Gasteiger partial charge in [-0.25, -0.2) is 4.79 Å². The van der Waals surface area contributed by atoms with Gasteiger partial charge in [-0.15, -0.1) is 0 Å². The average molecular weight is 339 g/mol. The predicted molar refractivity (Wildman–Crippen MR) is 99.9 cm³/mol. The highest BCUT2D eigenvalue weighted by Crippen LogP contribution is 2.44. The SMILES string of the molecule is CCOC(=O)C[N+]12CCCC(CC)=C1c1[nH]c3ccccc3c1CC2. The number of para-hydroxylation sites is 1. The first-order valence-electron chi connectivity index (χ1n) is 9.52. The lowest BCUT2D eigenvalue weighted by Gasteiger charge is -2.45. The second-order valence-corrected chi connectivity index (χ2v) is 7.24. The van der Waals surface area contributed by atoms with E-state index >= 15 is 0 Å². The molecule has 0 saturated heterocycles. The summed E-state index contributed by atoms with van der Waals surface area (Å²) in [6, 6.07) is 8.57. The molecule has 0 radical (unpaired) electrons. The van der Waals surface area contributed by atoms with Crippen LogP contribution in [0.2, 0.25) is 0 Å². The van der Waals surface area contributed by atoms with E-state index in [1.54, 1.807) is 0 Å². The van der Waals surface area contributed by atoms with Gasteiger partial charge in [0.1, 0.15) is 5.69 Å². The Labute approximate surface area is 149 Å². The molecule has 0 spiro atoms. The van der Waals surface area contributed by atoms with E-state index in [9.17, 15) is 4.79 Å². The molecule has 4 rings (SSSR count). The molecule has 4 nitrogen and oxygen atoms in total. The fourth-order valence-corrected chi connectivity index (χ4v) is 4.82. The molecule has 1 N–H and O–H groups in total. The standard InChI is InChI=1S/C21H27N2O2/c1-3-15-8-7-12-23(14-19(24)25-4-2)13-11-17-16-9-5-6-10-18(16)22-20(17)21(15)23/h5-6,9-10,22H,3-4,7-8,11-14H2,1-2H3/q+1. The Morgan fingerprint density at radius 3 is 2.84 bits per heavy atom. The number of H-pyrrole nitrogens is 1. The van der Waals surface area contributed by atoms with Crippen molar-refractivity contribution in [1.82, 2.24) is 4.98 Å². The maximum Gasteiger partial charge on any atom is 0.362 e. The van der Waals surface area contributed by atoms with Crippen LogP contribution in [0.4, 0.5) is 0 Å². The fraction of sp³-hybridized carbons (Fsp3) is 0.476. The van der Waals surface area contributed by atoms with E-state index in [1.807, 2.05) is 6.92 Å². The molecule has 0 aliphatic carbocycles. The Morgan fingerprint density at radius 2 is 2.04 bits per heavy atom. The van der Waals surface area contributed by atoms with Gasteiger partial charge in [-0.3, -0.25) is 4.48 Å². The van der Waals surface area contributed by atoms with Crippen LogP contribution in [-0.4, -0.2) is 41.7 Å². The minimum absolute atomic E-state index is 0.0723. The van der Waals surface area contributed by atoms with Crippen molar-refractivity contribution in [1.29, 1.82) is 0 Å². The Kier molecular flexibility index (Phi) is 4.16. The maximum absolute atomic E-state index is 12.4. The van der Waals surface area contributed by atoms with E-state index in [0.717, 1.165) is 43.3 Å². The number of esters is 1. The molecule has 2 aliphatic rings. The first-order valence-corrected chi connectivity index (χ1v) is 9.52. The lowest BCUT2D eigenvalue weighted by molar-refractivity contribution is -0.856. The molecule has 4 heteroatoms. The number of carbonyl (C=O) groups excluding carboxylic acids is 1. The molecule has 0 fully saturated rings. The Hall–Kier alpha value is -2.07. The van der Waals surface area contributed by atoms with Gasteiger partial charge in [0.05, 0.1) is 19.7 Å². The van der Waals surface area contributed by atoms with Crippen LogP contribution in [-0.2, 0) is 16.0 Å². The van der Waals surface area contributed by atoms with Gasteiger partial charge in [0, 0.05) is 23.7 Å². The summed E-state index contributed by atoms with van der Waals surface area (Å²) < 4.78 is 6.08. The molecule has 25 heavy (non-hydrogen) atoms. The second kappa shape index (κ2) is 6.34. The molecule has 0 bridgehead atoms. The lowest BCUT2D eigenvalue weighted by Crippen LogP contribution is -2.55. The maximum atomic E-state index is 12.4. The number of hydrogen-bond acceptors (Lipinski definition) is 2. The monoisotopic (exact) mass is 339 g/mol. The summed E-state index contributed by atoms with van der Waals surface area (Å²) in [7, 11) is 0. The zero-order valence-corrected chi connectivity index (χ0v) is 15.2. The first kappa shape index (κ1) is 16.4. The zero-order chi connectivity index (χ0) is 17.4. The quantitative estimate of drug-likeness (QED) is 0.675. The fourth-order valence-electron chi connectivity index (χ4n) is 4.82. The van der Waals surface area contributed by atoms with Crippen molar-refractivity contribution < 1.29 is 14.0 Å². The molecule has 3 heterocycles. The summed E-state index contributed by atoms with van der Waals surface area (Å²) in [6.07, 6.45) is 4.36. The normalized spacial score (nSPS) is 22.6.